The first kappa shape index (κ1) is 13.7. The summed E-state index contributed by atoms with van der Waals surface area (Å²) in [6.07, 6.45) is 1.17. The zero-order chi connectivity index (χ0) is 12.9. The molecule has 1 aliphatic rings. The van der Waals surface area contributed by atoms with Crippen molar-refractivity contribution in [2.24, 2.45) is 5.73 Å². The fourth-order valence-corrected chi connectivity index (χ4v) is 2.06. The third kappa shape index (κ3) is 2.86. The van der Waals surface area contributed by atoms with E-state index in [0.29, 0.717) is 19.4 Å². The van der Waals surface area contributed by atoms with E-state index in [4.69, 9.17) is 10.5 Å². The Morgan fingerprint density at radius 2 is 1.76 bits per heavy atom. The summed E-state index contributed by atoms with van der Waals surface area (Å²) in [7, 11) is 0. The average molecular weight is 235 g/mol. The van der Waals surface area contributed by atoms with Gasteiger partial charge in [-0.15, -0.1) is 0 Å². The molecule has 0 heterocycles. The first-order chi connectivity index (χ1) is 8.15. The zero-order valence-corrected chi connectivity index (χ0v) is 10.8. The molecule has 17 heavy (non-hydrogen) atoms. The maximum absolute atomic E-state index is 11.7. The van der Waals surface area contributed by atoms with E-state index in [2.05, 4.69) is 0 Å². The summed E-state index contributed by atoms with van der Waals surface area (Å²) in [5.41, 5.74) is 7.54. The zero-order valence-electron chi connectivity index (χ0n) is 10.8. The van der Waals surface area contributed by atoms with E-state index in [1.807, 2.05) is 38.1 Å². The van der Waals surface area contributed by atoms with E-state index >= 15 is 0 Å². The van der Waals surface area contributed by atoms with Gasteiger partial charge in [0, 0.05) is 12.8 Å². The van der Waals surface area contributed by atoms with Crippen LogP contribution in [0.15, 0.2) is 24.3 Å². The van der Waals surface area contributed by atoms with Gasteiger partial charge in [-0.1, -0.05) is 38.1 Å². The van der Waals surface area contributed by atoms with Gasteiger partial charge in [0.1, 0.15) is 5.54 Å². The molecular formula is C14H21NO2. The van der Waals surface area contributed by atoms with Gasteiger partial charge in [0.2, 0.25) is 0 Å². The second kappa shape index (κ2) is 5.82. The van der Waals surface area contributed by atoms with Crippen molar-refractivity contribution in [1.82, 2.24) is 0 Å². The van der Waals surface area contributed by atoms with Gasteiger partial charge in [0.15, 0.2) is 0 Å². The van der Waals surface area contributed by atoms with Gasteiger partial charge < -0.3 is 10.5 Å². The topological polar surface area (TPSA) is 52.3 Å². The van der Waals surface area contributed by atoms with Crippen molar-refractivity contribution in [3.05, 3.63) is 35.4 Å². The molecule has 0 radical (unpaired) electrons. The lowest BCUT2D eigenvalue weighted by molar-refractivity contribution is -0.149. The molecule has 0 saturated carbocycles. The fraction of sp³-hybridized carbons (Fsp3) is 0.500. The molecule has 1 aromatic carbocycles. The van der Waals surface area contributed by atoms with Crippen LogP contribution in [0, 0.1) is 0 Å². The van der Waals surface area contributed by atoms with Crippen LogP contribution >= 0.6 is 0 Å². The van der Waals surface area contributed by atoms with Crippen LogP contribution in [0.1, 0.15) is 31.9 Å². The summed E-state index contributed by atoms with van der Waals surface area (Å²) in [4.78, 5) is 11.7. The van der Waals surface area contributed by atoms with E-state index < -0.39 is 5.54 Å². The summed E-state index contributed by atoms with van der Waals surface area (Å²) < 4.78 is 5.00. The first-order valence-electron chi connectivity index (χ1n) is 6.18. The summed E-state index contributed by atoms with van der Waals surface area (Å²) in [5, 5.41) is 0. The molecule has 94 valence electrons. The van der Waals surface area contributed by atoms with Crippen LogP contribution in [-0.2, 0) is 22.4 Å². The molecule has 3 nitrogen and oxygen atoms in total. The predicted molar refractivity (Wildman–Crippen MR) is 68.7 cm³/mol. The molecule has 0 aromatic heterocycles. The van der Waals surface area contributed by atoms with E-state index in [0.717, 1.165) is 11.1 Å². The Hall–Kier alpha value is -1.35. The largest absolute Gasteiger partial charge is 0.465 e. The molecule has 0 amide bonds. The van der Waals surface area contributed by atoms with Gasteiger partial charge in [0.25, 0.3) is 0 Å². The highest BCUT2D eigenvalue weighted by molar-refractivity contribution is 5.82. The second-order valence-corrected chi connectivity index (χ2v) is 4.00. The molecule has 0 fully saturated rings. The van der Waals surface area contributed by atoms with Gasteiger partial charge in [-0.3, -0.25) is 4.79 Å². The van der Waals surface area contributed by atoms with Crippen molar-refractivity contribution in [3.63, 3.8) is 0 Å². The van der Waals surface area contributed by atoms with Crippen LogP contribution in [0.3, 0.4) is 0 Å². The van der Waals surface area contributed by atoms with Crippen molar-refractivity contribution in [1.29, 1.82) is 0 Å². The number of fused-ring (bicyclic) bond motifs is 1. The number of benzene rings is 1. The summed E-state index contributed by atoms with van der Waals surface area (Å²) >= 11 is 0. The Bertz CT molecular complexity index is 363. The van der Waals surface area contributed by atoms with Gasteiger partial charge >= 0.3 is 5.97 Å². The molecule has 3 heteroatoms. The van der Waals surface area contributed by atoms with Crippen LogP contribution in [0.4, 0.5) is 0 Å². The Morgan fingerprint density at radius 1 is 1.29 bits per heavy atom. The van der Waals surface area contributed by atoms with Gasteiger partial charge in [-0.2, -0.15) is 0 Å². The average Bonchev–Trinajstić information content (AvgIpc) is 2.69. The van der Waals surface area contributed by atoms with Crippen LogP contribution in [-0.4, -0.2) is 18.1 Å². The Balaban J connectivity index is 0.000000686. The number of nitrogens with two attached hydrogens (primary N) is 1. The Labute approximate surface area is 103 Å². The monoisotopic (exact) mass is 235 g/mol. The van der Waals surface area contributed by atoms with E-state index in [1.165, 1.54) is 0 Å². The molecule has 0 saturated heterocycles. The SMILES string of the molecule is CC.CCOC(=O)C1(N)Cc2ccccc2C1. The lowest BCUT2D eigenvalue weighted by Gasteiger charge is -2.20. The minimum absolute atomic E-state index is 0.291. The van der Waals surface area contributed by atoms with Gasteiger partial charge in [0.05, 0.1) is 6.61 Å². The minimum Gasteiger partial charge on any atom is -0.465 e. The molecule has 1 aliphatic carbocycles. The van der Waals surface area contributed by atoms with Crippen molar-refractivity contribution >= 4 is 5.97 Å². The first-order valence-corrected chi connectivity index (χ1v) is 6.18. The lowest BCUT2D eigenvalue weighted by Crippen LogP contribution is -2.50. The smallest absolute Gasteiger partial charge is 0.326 e. The highest BCUT2D eigenvalue weighted by Gasteiger charge is 2.41. The van der Waals surface area contributed by atoms with Crippen LogP contribution in [0.5, 0.6) is 0 Å². The molecule has 0 aliphatic heterocycles. The van der Waals surface area contributed by atoms with Crippen LogP contribution in [0.25, 0.3) is 0 Å². The van der Waals surface area contributed by atoms with Crippen molar-refractivity contribution in [3.8, 4) is 0 Å². The van der Waals surface area contributed by atoms with Crippen molar-refractivity contribution < 1.29 is 9.53 Å². The summed E-state index contributed by atoms with van der Waals surface area (Å²) in [6.45, 7) is 6.18. The fourth-order valence-electron chi connectivity index (χ4n) is 2.06. The third-order valence-electron chi connectivity index (χ3n) is 2.81. The normalized spacial score (nSPS) is 15.5. The number of hydrogen-bond donors (Lipinski definition) is 1. The van der Waals surface area contributed by atoms with E-state index in [9.17, 15) is 4.79 Å². The summed E-state index contributed by atoms with van der Waals surface area (Å²) in [5.74, 6) is -0.291. The highest BCUT2D eigenvalue weighted by Crippen LogP contribution is 2.28. The molecular weight excluding hydrogens is 214 g/mol. The van der Waals surface area contributed by atoms with E-state index in [1.54, 1.807) is 6.92 Å². The number of ether oxygens (including phenoxy) is 1. The number of esters is 1. The van der Waals surface area contributed by atoms with Crippen molar-refractivity contribution in [2.45, 2.75) is 39.2 Å². The molecule has 1 aromatic rings. The van der Waals surface area contributed by atoms with E-state index in [-0.39, 0.29) is 5.97 Å². The standard InChI is InChI=1S/C12H15NO2.C2H6/c1-2-15-11(14)12(13)7-9-5-3-4-6-10(9)8-12;1-2/h3-6H,2,7-8,13H2,1H3;1-2H3. The number of hydrogen-bond acceptors (Lipinski definition) is 3. The molecule has 0 spiro atoms. The predicted octanol–water partition coefficient (Wildman–Crippen LogP) is 2.07. The second-order valence-electron chi connectivity index (χ2n) is 4.00. The molecule has 0 unspecified atom stereocenters. The Kier molecular flexibility index (Phi) is 4.70. The van der Waals surface area contributed by atoms with Crippen molar-refractivity contribution in [2.75, 3.05) is 6.61 Å². The van der Waals surface area contributed by atoms with Gasteiger partial charge in [-0.05, 0) is 18.1 Å². The maximum atomic E-state index is 11.7. The number of carbonyl (C=O) groups excluding carboxylic acids is 1. The molecule has 2 N–H and O–H groups in total. The molecule has 0 bridgehead atoms. The van der Waals surface area contributed by atoms with Crippen LogP contribution in [0.2, 0.25) is 0 Å². The third-order valence-corrected chi connectivity index (χ3v) is 2.81. The number of carbonyl (C=O) groups is 1. The Morgan fingerprint density at radius 3 is 2.18 bits per heavy atom. The summed E-state index contributed by atoms with van der Waals surface area (Å²) in [6, 6.07) is 7.97. The highest BCUT2D eigenvalue weighted by atomic mass is 16.5. The van der Waals surface area contributed by atoms with Crippen LogP contribution < -0.4 is 5.73 Å². The minimum atomic E-state index is -0.848. The number of rotatable bonds is 2. The van der Waals surface area contributed by atoms with Gasteiger partial charge in [-0.25, -0.2) is 0 Å². The maximum Gasteiger partial charge on any atom is 0.326 e. The molecule has 2 rings (SSSR count). The molecule has 0 atom stereocenters. The quantitative estimate of drug-likeness (QED) is 0.798. The lowest BCUT2D eigenvalue weighted by atomic mass is 9.98.